The van der Waals surface area contributed by atoms with Crippen molar-refractivity contribution in [3.05, 3.63) is 0 Å². The first kappa shape index (κ1) is 12.9. The molecule has 19 heavy (non-hydrogen) atoms. The Hall–Kier alpha value is -1.14. The number of amides is 2. The Labute approximate surface area is 113 Å². The molecule has 3 heterocycles. The van der Waals surface area contributed by atoms with Gasteiger partial charge >= 0.3 is 0 Å². The van der Waals surface area contributed by atoms with Crippen molar-refractivity contribution in [1.82, 2.24) is 20.0 Å². The number of rotatable bonds is 3. The Bertz CT molecular complexity index is 368. The molecule has 6 heteroatoms. The lowest BCUT2D eigenvalue weighted by Crippen LogP contribution is -2.58. The van der Waals surface area contributed by atoms with E-state index in [0.29, 0.717) is 6.54 Å². The Kier molecular flexibility index (Phi) is 3.70. The molecule has 6 nitrogen and oxygen atoms in total. The molecule has 0 saturated carbocycles. The topological polar surface area (TPSA) is 55.9 Å². The first-order valence-corrected chi connectivity index (χ1v) is 7.27. The molecule has 0 radical (unpaired) electrons. The summed E-state index contributed by atoms with van der Waals surface area (Å²) >= 11 is 0. The highest BCUT2D eigenvalue weighted by Gasteiger charge is 2.41. The molecule has 0 bridgehead atoms. The van der Waals surface area contributed by atoms with E-state index in [0.717, 1.165) is 52.1 Å². The van der Waals surface area contributed by atoms with Crippen molar-refractivity contribution >= 4 is 11.8 Å². The monoisotopic (exact) mass is 266 g/mol. The van der Waals surface area contributed by atoms with E-state index < -0.39 is 0 Å². The summed E-state index contributed by atoms with van der Waals surface area (Å²) in [5.41, 5.74) is 0. The summed E-state index contributed by atoms with van der Waals surface area (Å²) in [5.74, 6) is 0.287. The first-order valence-electron chi connectivity index (χ1n) is 7.27. The average molecular weight is 266 g/mol. The highest BCUT2D eigenvalue weighted by atomic mass is 16.2. The Balaban J connectivity index is 1.55. The van der Waals surface area contributed by atoms with Gasteiger partial charge in [0.25, 0.3) is 0 Å². The maximum atomic E-state index is 12.3. The minimum Gasteiger partial charge on any atom is -0.330 e. The molecule has 3 fully saturated rings. The van der Waals surface area contributed by atoms with Crippen LogP contribution >= 0.6 is 0 Å². The second kappa shape index (κ2) is 5.46. The van der Waals surface area contributed by atoms with Gasteiger partial charge in [-0.15, -0.1) is 0 Å². The minimum absolute atomic E-state index is 0.127. The Morgan fingerprint density at radius 3 is 2.68 bits per heavy atom. The predicted octanol–water partition coefficient (Wildman–Crippen LogP) is -1.28. The number of nitrogens with zero attached hydrogens (tertiary/aromatic N) is 3. The highest BCUT2D eigenvalue weighted by molar-refractivity contribution is 5.95. The van der Waals surface area contributed by atoms with Crippen molar-refractivity contribution in [2.24, 2.45) is 0 Å². The van der Waals surface area contributed by atoms with Crippen molar-refractivity contribution in [2.45, 2.75) is 18.9 Å². The number of nitrogens with one attached hydrogen (secondary N) is 1. The summed E-state index contributed by atoms with van der Waals surface area (Å²) in [6.45, 7) is 6.72. The van der Waals surface area contributed by atoms with Crippen LogP contribution in [-0.4, -0.2) is 84.9 Å². The molecule has 0 aliphatic carbocycles. The van der Waals surface area contributed by atoms with Gasteiger partial charge < -0.3 is 15.1 Å². The van der Waals surface area contributed by atoms with Crippen molar-refractivity contribution in [3.63, 3.8) is 0 Å². The molecule has 106 valence electrons. The van der Waals surface area contributed by atoms with E-state index in [1.807, 2.05) is 0 Å². The number of carbonyl (C=O) groups is 2. The van der Waals surface area contributed by atoms with Gasteiger partial charge in [0.1, 0.15) is 6.04 Å². The van der Waals surface area contributed by atoms with E-state index in [1.54, 1.807) is 9.80 Å². The van der Waals surface area contributed by atoms with E-state index in [2.05, 4.69) is 10.2 Å². The molecule has 1 atom stereocenters. The molecule has 2 amide bonds. The maximum Gasteiger partial charge on any atom is 0.245 e. The van der Waals surface area contributed by atoms with Crippen molar-refractivity contribution in [3.8, 4) is 0 Å². The summed E-state index contributed by atoms with van der Waals surface area (Å²) < 4.78 is 0. The summed E-state index contributed by atoms with van der Waals surface area (Å²) in [4.78, 5) is 30.2. The van der Waals surface area contributed by atoms with E-state index in [4.69, 9.17) is 0 Å². The van der Waals surface area contributed by atoms with Crippen molar-refractivity contribution in [2.75, 3.05) is 52.4 Å². The molecule has 3 aliphatic heterocycles. The van der Waals surface area contributed by atoms with Crippen LogP contribution in [0.1, 0.15) is 12.8 Å². The zero-order valence-electron chi connectivity index (χ0n) is 11.3. The van der Waals surface area contributed by atoms with Crippen LogP contribution in [0.2, 0.25) is 0 Å². The van der Waals surface area contributed by atoms with Gasteiger partial charge in [-0.25, -0.2) is 0 Å². The molecule has 0 aromatic carbocycles. The van der Waals surface area contributed by atoms with Gasteiger partial charge in [0.05, 0.1) is 6.54 Å². The van der Waals surface area contributed by atoms with E-state index in [9.17, 15) is 9.59 Å². The number of hydrogen-bond acceptors (Lipinski definition) is 4. The third-order valence-electron chi connectivity index (χ3n) is 4.39. The normalized spacial score (nSPS) is 28.9. The Morgan fingerprint density at radius 1 is 1.11 bits per heavy atom. The fourth-order valence-corrected chi connectivity index (χ4v) is 3.25. The van der Waals surface area contributed by atoms with Crippen LogP contribution in [0.5, 0.6) is 0 Å². The van der Waals surface area contributed by atoms with Gasteiger partial charge in [-0.3, -0.25) is 14.5 Å². The number of fused-ring (bicyclic) bond motifs is 1. The lowest BCUT2D eigenvalue weighted by molar-refractivity contribution is -0.153. The van der Waals surface area contributed by atoms with Gasteiger partial charge in [-0.1, -0.05) is 0 Å². The van der Waals surface area contributed by atoms with Gasteiger partial charge in [-0.05, 0) is 12.8 Å². The van der Waals surface area contributed by atoms with Gasteiger partial charge in [0.2, 0.25) is 11.8 Å². The highest BCUT2D eigenvalue weighted by Crippen LogP contribution is 2.23. The molecule has 3 rings (SSSR count). The molecule has 0 spiro atoms. The molecule has 1 unspecified atom stereocenters. The van der Waals surface area contributed by atoms with Crippen LogP contribution in [0.15, 0.2) is 0 Å². The third-order valence-corrected chi connectivity index (χ3v) is 4.39. The zero-order chi connectivity index (χ0) is 13.2. The van der Waals surface area contributed by atoms with Crippen LogP contribution in [0.3, 0.4) is 0 Å². The standard InChI is InChI=1S/C13H22N4O2/c18-12-10-16(9-8-15-6-3-14-4-7-15)13(19)11-2-1-5-17(11)12/h11,14H,1-10H2. The van der Waals surface area contributed by atoms with Crippen LogP contribution in [0.4, 0.5) is 0 Å². The second-order valence-electron chi connectivity index (χ2n) is 5.60. The molecule has 3 aliphatic rings. The number of piperazine rings is 2. The maximum absolute atomic E-state index is 12.3. The molecule has 3 saturated heterocycles. The van der Waals surface area contributed by atoms with Gasteiger partial charge in [0, 0.05) is 45.8 Å². The van der Waals surface area contributed by atoms with Gasteiger partial charge in [0.15, 0.2) is 0 Å². The molecule has 1 N–H and O–H groups in total. The largest absolute Gasteiger partial charge is 0.330 e. The fourth-order valence-electron chi connectivity index (χ4n) is 3.25. The molecular weight excluding hydrogens is 244 g/mol. The lowest BCUT2D eigenvalue weighted by Gasteiger charge is -2.37. The second-order valence-corrected chi connectivity index (χ2v) is 5.60. The van der Waals surface area contributed by atoms with Crippen LogP contribution in [0, 0.1) is 0 Å². The minimum atomic E-state index is -0.163. The fraction of sp³-hybridized carbons (Fsp3) is 0.846. The first-order chi connectivity index (χ1) is 9.25. The molecule has 0 aromatic heterocycles. The summed E-state index contributed by atoms with van der Waals surface area (Å²) in [6, 6.07) is -0.163. The SMILES string of the molecule is O=C1C2CCCN2C(=O)CN1CCN1CCNCC1. The zero-order valence-corrected chi connectivity index (χ0v) is 11.3. The summed E-state index contributed by atoms with van der Waals surface area (Å²) in [6.07, 6.45) is 1.81. The smallest absolute Gasteiger partial charge is 0.245 e. The summed E-state index contributed by atoms with van der Waals surface area (Å²) in [5, 5.41) is 3.32. The number of hydrogen-bond donors (Lipinski definition) is 1. The third kappa shape index (κ3) is 2.60. The van der Waals surface area contributed by atoms with Crippen LogP contribution < -0.4 is 5.32 Å². The predicted molar refractivity (Wildman–Crippen MR) is 70.6 cm³/mol. The van der Waals surface area contributed by atoms with E-state index >= 15 is 0 Å². The van der Waals surface area contributed by atoms with Crippen LogP contribution in [0.25, 0.3) is 0 Å². The van der Waals surface area contributed by atoms with Crippen molar-refractivity contribution in [1.29, 1.82) is 0 Å². The number of carbonyl (C=O) groups excluding carboxylic acids is 2. The van der Waals surface area contributed by atoms with Crippen LogP contribution in [-0.2, 0) is 9.59 Å². The van der Waals surface area contributed by atoms with Gasteiger partial charge in [-0.2, -0.15) is 0 Å². The van der Waals surface area contributed by atoms with E-state index in [1.165, 1.54) is 0 Å². The molecule has 0 aromatic rings. The lowest BCUT2D eigenvalue weighted by atomic mass is 10.1. The molecular formula is C13H22N4O2. The van der Waals surface area contributed by atoms with Crippen molar-refractivity contribution < 1.29 is 9.59 Å². The Morgan fingerprint density at radius 2 is 1.89 bits per heavy atom. The summed E-state index contributed by atoms with van der Waals surface area (Å²) in [7, 11) is 0. The quantitative estimate of drug-likeness (QED) is 0.692. The van der Waals surface area contributed by atoms with E-state index in [-0.39, 0.29) is 24.4 Å². The average Bonchev–Trinajstić information content (AvgIpc) is 2.92.